The molecule has 0 fully saturated rings. The monoisotopic (exact) mass is 287 g/mol. The van der Waals surface area contributed by atoms with E-state index in [1.165, 1.54) is 16.7 Å². The zero-order valence-electron chi connectivity index (χ0n) is 13.4. The minimum atomic E-state index is 0.297. The molecule has 0 aliphatic carbocycles. The molecule has 2 aromatic rings. The van der Waals surface area contributed by atoms with Gasteiger partial charge in [0.25, 0.3) is 0 Å². The fourth-order valence-electron chi connectivity index (χ4n) is 2.63. The summed E-state index contributed by atoms with van der Waals surface area (Å²) < 4.78 is 7.40. The highest BCUT2D eigenvalue weighted by molar-refractivity contribution is 5.39. The molecule has 1 atom stereocenters. The van der Waals surface area contributed by atoms with E-state index < -0.39 is 0 Å². The number of ether oxygens (including phenoxy) is 1. The van der Waals surface area contributed by atoms with Crippen LogP contribution in [0, 0.1) is 6.92 Å². The molecule has 21 heavy (non-hydrogen) atoms. The third-order valence-electron chi connectivity index (χ3n) is 3.69. The Morgan fingerprint density at radius 3 is 2.81 bits per heavy atom. The molecule has 2 rings (SSSR count). The number of hydrogen-bond donors (Lipinski definition) is 1. The normalized spacial score (nSPS) is 12.4. The molecule has 0 aliphatic heterocycles. The second-order valence-electron chi connectivity index (χ2n) is 5.42. The van der Waals surface area contributed by atoms with E-state index in [1.807, 2.05) is 17.9 Å². The average molecular weight is 287 g/mol. The molecule has 0 saturated heterocycles. The van der Waals surface area contributed by atoms with Gasteiger partial charge in [0, 0.05) is 24.8 Å². The lowest BCUT2D eigenvalue weighted by Gasteiger charge is -2.21. The van der Waals surface area contributed by atoms with Crippen molar-refractivity contribution in [2.45, 2.75) is 32.7 Å². The summed E-state index contributed by atoms with van der Waals surface area (Å²) in [5.74, 6) is 0.965. The molecule has 0 amide bonds. The molecule has 1 unspecified atom stereocenters. The smallest absolute Gasteiger partial charge is 0.123 e. The van der Waals surface area contributed by atoms with Crippen LogP contribution < -0.4 is 10.1 Å². The summed E-state index contributed by atoms with van der Waals surface area (Å²) in [7, 11) is 3.69. The van der Waals surface area contributed by atoms with Crippen LogP contribution in [0.1, 0.15) is 36.1 Å². The zero-order chi connectivity index (χ0) is 15.2. The number of rotatable bonds is 7. The van der Waals surface area contributed by atoms with Crippen molar-refractivity contribution in [3.63, 3.8) is 0 Å². The van der Waals surface area contributed by atoms with Gasteiger partial charge in [0.2, 0.25) is 0 Å². The largest absolute Gasteiger partial charge is 0.496 e. The first-order valence-electron chi connectivity index (χ1n) is 7.49. The molecule has 0 aliphatic rings. The highest BCUT2D eigenvalue weighted by atomic mass is 16.5. The molecule has 0 radical (unpaired) electrons. The molecule has 1 aromatic carbocycles. The lowest BCUT2D eigenvalue weighted by Crippen LogP contribution is -2.22. The van der Waals surface area contributed by atoms with Gasteiger partial charge in [-0.2, -0.15) is 5.10 Å². The van der Waals surface area contributed by atoms with Crippen molar-refractivity contribution in [1.82, 2.24) is 15.1 Å². The summed E-state index contributed by atoms with van der Waals surface area (Å²) in [5, 5.41) is 7.79. The van der Waals surface area contributed by atoms with Crippen LogP contribution in [0.15, 0.2) is 30.6 Å². The Morgan fingerprint density at radius 2 is 2.19 bits per heavy atom. The van der Waals surface area contributed by atoms with E-state index >= 15 is 0 Å². The third kappa shape index (κ3) is 4.08. The van der Waals surface area contributed by atoms with Crippen LogP contribution in [0.3, 0.4) is 0 Å². The number of hydrogen-bond acceptors (Lipinski definition) is 3. The van der Waals surface area contributed by atoms with E-state index in [0.717, 1.165) is 25.1 Å². The highest BCUT2D eigenvalue weighted by Crippen LogP contribution is 2.29. The van der Waals surface area contributed by atoms with Gasteiger partial charge in [0.05, 0.1) is 13.3 Å². The van der Waals surface area contributed by atoms with Crippen molar-refractivity contribution in [2.24, 2.45) is 7.05 Å². The van der Waals surface area contributed by atoms with Crippen molar-refractivity contribution < 1.29 is 4.74 Å². The van der Waals surface area contributed by atoms with Crippen molar-refractivity contribution in [3.05, 3.63) is 47.3 Å². The fourth-order valence-corrected chi connectivity index (χ4v) is 2.63. The first-order chi connectivity index (χ1) is 10.1. The number of benzene rings is 1. The highest BCUT2D eigenvalue weighted by Gasteiger charge is 2.15. The molecule has 0 spiro atoms. The predicted octanol–water partition coefficient (Wildman–Crippen LogP) is 3.02. The Bertz CT molecular complexity index is 577. The summed E-state index contributed by atoms with van der Waals surface area (Å²) in [6.45, 7) is 5.16. The Kier molecular flexibility index (Phi) is 5.39. The van der Waals surface area contributed by atoms with Crippen LogP contribution >= 0.6 is 0 Å². The van der Waals surface area contributed by atoms with E-state index in [0.29, 0.717) is 6.04 Å². The lowest BCUT2D eigenvalue weighted by molar-refractivity contribution is 0.396. The lowest BCUT2D eigenvalue weighted by atomic mass is 9.98. The third-order valence-corrected chi connectivity index (χ3v) is 3.69. The van der Waals surface area contributed by atoms with Crippen LogP contribution in [0.25, 0.3) is 0 Å². The first kappa shape index (κ1) is 15.6. The van der Waals surface area contributed by atoms with Crippen LogP contribution in [0.5, 0.6) is 5.75 Å². The van der Waals surface area contributed by atoms with Crippen molar-refractivity contribution in [2.75, 3.05) is 13.7 Å². The number of nitrogens with one attached hydrogen (secondary N) is 1. The van der Waals surface area contributed by atoms with Crippen LogP contribution in [0.2, 0.25) is 0 Å². The second-order valence-corrected chi connectivity index (χ2v) is 5.42. The predicted molar refractivity (Wildman–Crippen MR) is 85.7 cm³/mol. The van der Waals surface area contributed by atoms with E-state index in [2.05, 4.69) is 48.7 Å². The molecule has 114 valence electrons. The molecule has 1 heterocycles. The number of aryl methyl sites for hydroxylation is 3. The Hall–Kier alpha value is -1.81. The van der Waals surface area contributed by atoms with Crippen LogP contribution in [0.4, 0.5) is 0 Å². The number of aromatic nitrogens is 2. The number of methoxy groups -OCH3 is 1. The molecule has 4 nitrogen and oxygen atoms in total. The van der Waals surface area contributed by atoms with E-state index in [4.69, 9.17) is 4.74 Å². The van der Waals surface area contributed by atoms with Gasteiger partial charge in [-0.25, -0.2) is 0 Å². The maximum absolute atomic E-state index is 5.55. The first-order valence-corrected chi connectivity index (χ1v) is 7.49. The summed E-state index contributed by atoms with van der Waals surface area (Å²) >= 11 is 0. The fraction of sp³-hybridized carbons (Fsp3) is 0.471. The van der Waals surface area contributed by atoms with Gasteiger partial charge in [-0.15, -0.1) is 0 Å². The molecule has 0 bridgehead atoms. The van der Waals surface area contributed by atoms with Gasteiger partial charge in [0.15, 0.2) is 0 Å². The standard InChI is InChI=1S/C17H25N3O/c1-5-18-16(9-7-14-11-19-20(3)12-14)15-8-6-13(2)10-17(15)21-4/h6,8,10-12,16,18H,5,7,9H2,1-4H3. The molecule has 0 saturated carbocycles. The van der Waals surface area contributed by atoms with Gasteiger partial charge in [-0.3, -0.25) is 4.68 Å². The maximum Gasteiger partial charge on any atom is 0.123 e. The Morgan fingerprint density at radius 1 is 1.38 bits per heavy atom. The maximum atomic E-state index is 5.55. The van der Waals surface area contributed by atoms with Gasteiger partial charge in [-0.1, -0.05) is 19.1 Å². The Balaban J connectivity index is 2.14. The number of nitrogens with zero attached hydrogens (tertiary/aromatic N) is 2. The van der Waals surface area contributed by atoms with Crippen molar-refractivity contribution >= 4 is 0 Å². The minimum Gasteiger partial charge on any atom is -0.496 e. The van der Waals surface area contributed by atoms with Gasteiger partial charge < -0.3 is 10.1 Å². The topological polar surface area (TPSA) is 39.1 Å². The minimum absolute atomic E-state index is 0.297. The molecule has 1 N–H and O–H groups in total. The SMILES string of the molecule is CCNC(CCc1cnn(C)c1)c1ccc(C)cc1OC. The van der Waals surface area contributed by atoms with E-state index in [-0.39, 0.29) is 0 Å². The Labute approximate surface area is 127 Å². The quantitative estimate of drug-likeness (QED) is 0.851. The zero-order valence-corrected chi connectivity index (χ0v) is 13.4. The van der Waals surface area contributed by atoms with Crippen LogP contribution in [-0.4, -0.2) is 23.4 Å². The van der Waals surface area contributed by atoms with E-state index in [9.17, 15) is 0 Å². The van der Waals surface area contributed by atoms with Crippen molar-refractivity contribution in [3.8, 4) is 5.75 Å². The molecular formula is C17H25N3O. The van der Waals surface area contributed by atoms with E-state index in [1.54, 1.807) is 7.11 Å². The average Bonchev–Trinajstić information content (AvgIpc) is 2.89. The summed E-state index contributed by atoms with van der Waals surface area (Å²) in [6.07, 6.45) is 6.05. The second kappa shape index (κ2) is 7.27. The van der Waals surface area contributed by atoms with Crippen LogP contribution in [-0.2, 0) is 13.5 Å². The molecule has 1 aromatic heterocycles. The van der Waals surface area contributed by atoms with Gasteiger partial charge in [-0.05, 0) is 43.5 Å². The molecular weight excluding hydrogens is 262 g/mol. The molecule has 4 heteroatoms. The summed E-state index contributed by atoms with van der Waals surface area (Å²) in [6, 6.07) is 6.71. The van der Waals surface area contributed by atoms with Gasteiger partial charge >= 0.3 is 0 Å². The summed E-state index contributed by atoms with van der Waals surface area (Å²) in [5.41, 5.74) is 3.72. The summed E-state index contributed by atoms with van der Waals surface area (Å²) in [4.78, 5) is 0. The van der Waals surface area contributed by atoms with Crippen molar-refractivity contribution in [1.29, 1.82) is 0 Å². The van der Waals surface area contributed by atoms with Gasteiger partial charge in [0.1, 0.15) is 5.75 Å².